The molecule has 1 N–H and O–H groups in total. The highest BCUT2D eigenvalue weighted by Crippen LogP contribution is 2.44. The van der Waals surface area contributed by atoms with Gasteiger partial charge >= 0.3 is 0 Å². The summed E-state index contributed by atoms with van der Waals surface area (Å²) in [5.41, 5.74) is 0.258. The molecule has 2 aliphatic carbocycles. The summed E-state index contributed by atoms with van der Waals surface area (Å²) in [6.07, 6.45) is 4.49. The fourth-order valence-electron chi connectivity index (χ4n) is 4.82. The molecule has 0 radical (unpaired) electrons. The maximum atomic E-state index is 13.6. The molecule has 166 valence electrons. The number of ether oxygens (including phenoxy) is 2. The van der Waals surface area contributed by atoms with E-state index >= 15 is 0 Å². The second-order valence-electron chi connectivity index (χ2n) is 8.21. The van der Waals surface area contributed by atoms with E-state index in [1.165, 1.54) is 32.8 Å². The van der Waals surface area contributed by atoms with Gasteiger partial charge in [-0.1, -0.05) is 24.6 Å². The number of nitrogens with zero attached hydrogens (tertiary/aromatic N) is 1. The fourth-order valence-corrected chi connectivity index (χ4v) is 6.26. The molecule has 0 heterocycles. The van der Waals surface area contributed by atoms with Crippen LogP contribution in [0, 0.1) is 11.8 Å². The summed E-state index contributed by atoms with van der Waals surface area (Å²) >= 11 is 0. The molecule has 2 aliphatic rings. The SMILES string of the molecule is COc1ccc(OC)c(N(CC(=O)N[C@@H]2C[C@H]3CC[C@H]2C3)S(=O)(=O)c2ccccc2)c1. The number of rotatable bonds is 8. The smallest absolute Gasteiger partial charge is 0.264 e. The van der Waals surface area contributed by atoms with Crippen molar-refractivity contribution in [3.63, 3.8) is 0 Å². The molecule has 0 saturated heterocycles. The van der Waals surface area contributed by atoms with Crippen molar-refractivity contribution in [2.75, 3.05) is 25.1 Å². The molecule has 31 heavy (non-hydrogen) atoms. The lowest BCUT2D eigenvalue weighted by atomic mass is 9.95. The van der Waals surface area contributed by atoms with Crippen LogP contribution in [0.25, 0.3) is 0 Å². The van der Waals surface area contributed by atoms with Gasteiger partial charge in [-0.25, -0.2) is 8.42 Å². The zero-order valence-electron chi connectivity index (χ0n) is 17.8. The van der Waals surface area contributed by atoms with Crippen LogP contribution < -0.4 is 19.1 Å². The second-order valence-corrected chi connectivity index (χ2v) is 10.1. The Balaban J connectivity index is 1.67. The van der Waals surface area contributed by atoms with E-state index in [0.717, 1.165) is 23.6 Å². The average molecular weight is 445 g/mol. The zero-order valence-corrected chi connectivity index (χ0v) is 18.6. The van der Waals surface area contributed by atoms with Crippen molar-refractivity contribution in [2.24, 2.45) is 11.8 Å². The summed E-state index contributed by atoms with van der Waals surface area (Å²) in [7, 11) is -1.04. The van der Waals surface area contributed by atoms with Gasteiger partial charge in [-0.2, -0.15) is 0 Å². The van der Waals surface area contributed by atoms with E-state index in [9.17, 15) is 13.2 Å². The number of benzene rings is 2. The van der Waals surface area contributed by atoms with Crippen LogP contribution in [0.4, 0.5) is 5.69 Å². The van der Waals surface area contributed by atoms with Gasteiger partial charge in [0.25, 0.3) is 10.0 Å². The molecule has 2 aromatic carbocycles. The van der Waals surface area contributed by atoms with Gasteiger partial charge in [-0.3, -0.25) is 9.10 Å². The highest BCUT2D eigenvalue weighted by Gasteiger charge is 2.40. The summed E-state index contributed by atoms with van der Waals surface area (Å²) in [5, 5.41) is 3.08. The summed E-state index contributed by atoms with van der Waals surface area (Å²) in [6, 6.07) is 13.1. The van der Waals surface area contributed by atoms with Crippen LogP contribution in [0.5, 0.6) is 11.5 Å². The predicted molar refractivity (Wildman–Crippen MR) is 118 cm³/mol. The first-order valence-electron chi connectivity index (χ1n) is 10.5. The first kappa shape index (κ1) is 21.5. The van der Waals surface area contributed by atoms with Crippen molar-refractivity contribution in [3.8, 4) is 11.5 Å². The minimum Gasteiger partial charge on any atom is -0.497 e. The summed E-state index contributed by atoms with van der Waals surface area (Å²) in [6.45, 7) is -0.339. The van der Waals surface area contributed by atoms with E-state index in [-0.39, 0.29) is 29.1 Å². The van der Waals surface area contributed by atoms with Gasteiger partial charge in [0.1, 0.15) is 18.0 Å². The maximum absolute atomic E-state index is 13.6. The van der Waals surface area contributed by atoms with Crippen LogP contribution in [0.2, 0.25) is 0 Å². The van der Waals surface area contributed by atoms with Crippen LogP contribution >= 0.6 is 0 Å². The number of nitrogens with one attached hydrogen (secondary N) is 1. The molecule has 3 atom stereocenters. The van der Waals surface area contributed by atoms with E-state index in [1.807, 2.05) is 0 Å². The highest BCUT2D eigenvalue weighted by molar-refractivity contribution is 7.92. The quantitative estimate of drug-likeness (QED) is 0.676. The standard InChI is InChI=1S/C23H28N2O5S/c1-29-18-10-11-22(30-2)21(14-18)25(31(27,28)19-6-4-3-5-7-19)15-23(26)24-20-13-16-8-9-17(20)12-16/h3-7,10-11,14,16-17,20H,8-9,12-13,15H2,1-2H3,(H,24,26)/t16-,17-,20+/m0/s1. The molecular weight excluding hydrogens is 416 g/mol. The number of amides is 1. The Morgan fingerprint density at radius 3 is 2.45 bits per heavy atom. The van der Waals surface area contributed by atoms with Crippen molar-refractivity contribution in [1.82, 2.24) is 5.32 Å². The Labute approximate surface area is 183 Å². The third kappa shape index (κ3) is 4.35. The molecule has 2 saturated carbocycles. The van der Waals surface area contributed by atoms with E-state index in [0.29, 0.717) is 23.3 Å². The van der Waals surface area contributed by atoms with Crippen molar-refractivity contribution in [2.45, 2.75) is 36.6 Å². The molecule has 4 rings (SSSR count). The lowest BCUT2D eigenvalue weighted by molar-refractivity contribution is -0.120. The van der Waals surface area contributed by atoms with E-state index in [1.54, 1.807) is 36.4 Å². The van der Waals surface area contributed by atoms with E-state index in [4.69, 9.17) is 9.47 Å². The number of sulfonamides is 1. The highest BCUT2D eigenvalue weighted by atomic mass is 32.2. The normalized spacial score (nSPS) is 22.2. The number of carbonyl (C=O) groups is 1. The Morgan fingerprint density at radius 2 is 1.84 bits per heavy atom. The van der Waals surface area contributed by atoms with Gasteiger partial charge in [0.2, 0.25) is 5.91 Å². The van der Waals surface area contributed by atoms with Crippen LogP contribution in [-0.2, 0) is 14.8 Å². The van der Waals surface area contributed by atoms with Gasteiger partial charge in [0, 0.05) is 12.1 Å². The largest absolute Gasteiger partial charge is 0.497 e. The monoisotopic (exact) mass is 444 g/mol. The van der Waals surface area contributed by atoms with Gasteiger partial charge in [-0.15, -0.1) is 0 Å². The molecule has 7 nitrogen and oxygen atoms in total. The van der Waals surface area contributed by atoms with Crippen LogP contribution in [0.15, 0.2) is 53.4 Å². The lowest BCUT2D eigenvalue weighted by Crippen LogP contribution is -2.46. The van der Waals surface area contributed by atoms with Crippen molar-refractivity contribution in [1.29, 1.82) is 0 Å². The molecule has 8 heteroatoms. The second kappa shape index (κ2) is 8.78. The first-order chi connectivity index (χ1) is 14.9. The lowest BCUT2D eigenvalue weighted by Gasteiger charge is -2.28. The molecule has 0 aliphatic heterocycles. The van der Waals surface area contributed by atoms with Crippen molar-refractivity contribution >= 4 is 21.6 Å². The number of fused-ring (bicyclic) bond motifs is 2. The van der Waals surface area contributed by atoms with Crippen LogP contribution in [0.1, 0.15) is 25.7 Å². The fraction of sp³-hybridized carbons (Fsp3) is 0.435. The van der Waals surface area contributed by atoms with E-state index < -0.39 is 10.0 Å². The molecule has 2 aromatic rings. The molecule has 2 bridgehead atoms. The molecule has 0 spiro atoms. The first-order valence-corrected chi connectivity index (χ1v) is 12.0. The summed E-state index contributed by atoms with van der Waals surface area (Å²) in [5.74, 6) is 1.67. The number of anilines is 1. The minimum absolute atomic E-state index is 0.104. The minimum atomic E-state index is -4.01. The number of hydrogen-bond acceptors (Lipinski definition) is 5. The van der Waals surface area contributed by atoms with Crippen molar-refractivity contribution in [3.05, 3.63) is 48.5 Å². The molecular formula is C23H28N2O5S. The maximum Gasteiger partial charge on any atom is 0.264 e. The number of hydrogen-bond donors (Lipinski definition) is 1. The van der Waals surface area contributed by atoms with Crippen LogP contribution in [-0.4, -0.2) is 41.1 Å². The zero-order chi connectivity index (χ0) is 22.0. The van der Waals surface area contributed by atoms with E-state index in [2.05, 4.69) is 5.32 Å². The Morgan fingerprint density at radius 1 is 1.06 bits per heavy atom. The molecule has 1 amide bonds. The average Bonchev–Trinajstić information content (AvgIpc) is 3.41. The Kier molecular flexibility index (Phi) is 6.09. The van der Waals surface area contributed by atoms with Gasteiger partial charge in [0.15, 0.2) is 0 Å². The Hall–Kier alpha value is -2.74. The van der Waals surface area contributed by atoms with Crippen molar-refractivity contribution < 1.29 is 22.7 Å². The topological polar surface area (TPSA) is 84.9 Å². The number of carbonyl (C=O) groups excluding carboxylic acids is 1. The molecule has 0 aromatic heterocycles. The predicted octanol–water partition coefficient (Wildman–Crippen LogP) is 3.20. The molecule has 2 fully saturated rings. The third-order valence-electron chi connectivity index (χ3n) is 6.36. The van der Waals surface area contributed by atoms with Gasteiger partial charge in [0.05, 0.1) is 24.8 Å². The third-order valence-corrected chi connectivity index (χ3v) is 8.13. The molecule has 0 unspecified atom stereocenters. The Bertz CT molecular complexity index is 1040. The summed E-state index contributed by atoms with van der Waals surface area (Å²) in [4.78, 5) is 13.1. The number of methoxy groups -OCH3 is 2. The summed E-state index contributed by atoms with van der Waals surface area (Å²) < 4.78 is 38.9. The van der Waals surface area contributed by atoms with Gasteiger partial charge in [-0.05, 0) is 55.4 Å². The van der Waals surface area contributed by atoms with Crippen LogP contribution in [0.3, 0.4) is 0 Å². The van der Waals surface area contributed by atoms with Gasteiger partial charge < -0.3 is 14.8 Å².